The smallest absolute Gasteiger partial charge is 0.351 e. The predicted octanol–water partition coefficient (Wildman–Crippen LogP) is 2.59. The molecule has 0 atom stereocenters. The Balaban J connectivity index is 1.65. The molecule has 1 aliphatic carbocycles. The van der Waals surface area contributed by atoms with E-state index in [9.17, 15) is 27.9 Å². The number of aromatic nitrogens is 2. The zero-order chi connectivity index (χ0) is 26.2. The van der Waals surface area contributed by atoms with E-state index in [0.29, 0.717) is 12.8 Å². The van der Waals surface area contributed by atoms with Crippen molar-refractivity contribution in [1.82, 2.24) is 9.13 Å². The number of sulfone groups is 1. The van der Waals surface area contributed by atoms with Crippen LogP contribution in [0.25, 0.3) is 17.5 Å². The zero-order valence-electron chi connectivity index (χ0n) is 19.7. The largest absolute Gasteiger partial charge is 0.859 e. The summed E-state index contributed by atoms with van der Waals surface area (Å²) in [6, 6.07) is 16.3. The topological polar surface area (TPSA) is 128 Å². The van der Waals surface area contributed by atoms with E-state index in [4.69, 9.17) is 4.74 Å². The Hall–Kier alpha value is -4.18. The molecule has 2 aromatic carbocycles. The molecule has 1 spiro atoms. The first-order chi connectivity index (χ1) is 17.8. The summed E-state index contributed by atoms with van der Waals surface area (Å²) in [6.07, 6.45) is 5.92. The molecule has 37 heavy (non-hydrogen) atoms. The van der Waals surface area contributed by atoms with Gasteiger partial charge in [0.25, 0.3) is 5.56 Å². The lowest BCUT2D eigenvalue weighted by molar-refractivity contribution is -0.278. The van der Waals surface area contributed by atoms with E-state index in [1.807, 2.05) is 0 Å². The maximum Gasteiger partial charge on any atom is 0.351 e. The van der Waals surface area contributed by atoms with E-state index < -0.39 is 42.8 Å². The maximum atomic E-state index is 13.3. The molecule has 1 aromatic heterocycles. The maximum absolute atomic E-state index is 13.3. The van der Waals surface area contributed by atoms with Gasteiger partial charge < -0.3 is 9.84 Å². The van der Waals surface area contributed by atoms with E-state index in [1.165, 1.54) is 0 Å². The Bertz CT molecular complexity index is 1640. The van der Waals surface area contributed by atoms with Gasteiger partial charge in [0.15, 0.2) is 4.91 Å². The van der Waals surface area contributed by atoms with Crippen LogP contribution in [0.3, 0.4) is 0 Å². The molecule has 3 aromatic rings. The Morgan fingerprint density at radius 2 is 1.41 bits per heavy atom. The van der Waals surface area contributed by atoms with Crippen molar-refractivity contribution in [1.29, 1.82) is 0 Å². The standard InChI is InChI=1S/C27H24N2O7S/c30-23-21(15-10-16-22-25(32)36-27(37(22,34)35)17-8-3-9-18-27)24(31)29(20-13-6-2-7-14-20)26(33)28(23)19-11-4-1-5-12-19/h1-2,4-7,10-16,30H,3,8-9,17-18H2/p-1. The van der Waals surface area contributed by atoms with Crippen molar-refractivity contribution >= 4 is 21.9 Å². The second-order valence-electron chi connectivity index (χ2n) is 8.90. The van der Waals surface area contributed by atoms with Gasteiger partial charge in [-0.2, -0.15) is 0 Å². The Labute approximate surface area is 212 Å². The third-order valence-corrected chi connectivity index (χ3v) is 9.02. The Kier molecular flexibility index (Phi) is 6.20. The molecule has 10 heteroatoms. The van der Waals surface area contributed by atoms with Crippen LogP contribution in [-0.4, -0.2) is 28.5 Å². The summed E-state index contributed by atoms with van der Waals surface area (Å²) in [4.78, 5) is 37.0. The lowest BCUT2D eigenvalue weighted by atomic mass is 9.97. The van der Waals surface area contributed by atoms with Crippen molar-refractivity contribution in [2.75, 3.05) is 0 Å². The summed E-state index contributed by atoms with van der Waals surface area (Å²) >= 11 is 0. The summed E-state index contributed by atoms with van der Waals surface area (Å²) < 4.78 is 33.4. The van der Waals surface area contributed by atoms with E-state index in [2.05, 4.69) is 0 Å². The van der Waals surface area contributed by atoms with Gasteiger partial charge in [0, 0.05) is 24.1 Å². The van der Waals surface area contributed by atoms with Gasteiger partial charge in [-0.05, 0) is 55.1 Å². The van der Waals surface area contributed by atoms with Crippen molar-refractivity contribution < 1.29 is 23.1 Å². The SMILES string of the molecule is O=C1OC2(CCCCC2)S(=O)(=O)C1=CC=Cc1c([O-])n(-c2ccccc2)c(=O)n(-c2ccccc2)c1=O. The first-order valence-electron chi connectivity index (χ1n) is 11.8. The molecule has 5 rings (SSSR count). The molecule has 9 nitrogen and oxygen atoms in total. The Morgan fingerprint density at radius 3 is 2.00 bits per heavy atom. The second kappa shape index (κ2) is 9.36. The van der Waals surface area contributed by atoms with Crippen LogP contribution >= 0.6 is 0 Å². The number of rotatable bonds is 4. The molecule has 0 radical (unpaired) electrons. The lowest BCUT2D eigenvalue weighted by Crippen LogP contribution is -2.40. The van der Waals surface area contributed by atoms with Crippen LogP contribution in [0.15, 0.2) is 87.3 Å². The van der Waals surface area contributed by atoms with Gasteiger partial charge in [-0.3, -0.25) is 9.36 Å². The fourth-order valence-electron chi connectivity index (χ4n) is 4.79. The van der Waals surface area contributed by atoms with E-state index >= 15 is 0 Å². The number of carbonyl (C=O) groups is 1. The van der Waals surface area contributed by atoms with Crippen molar-refractivity contribution in [2.45, 2.75) is 37.0 Å². The van der Waals surface area contributed by atoms with Crippen LogP contribution in [-0.2, 0) is 19.4 Å². The summed E-state index contributed by atoms with van der Waals surface area (Å²) in [5, 5.41) is 13.3. The van der Waals surface area contributed by atoms with Crippen LogP contribution in [0.5, 0.6) is 5.88 Å². The fourth-order valence-corrected chi connectivity index (χ4v) is 6.72. The van der Waals surface area contributed by atoms with E-state index in [0.717, 1.165) is 33.8 Å². The van der Waals surface area contributed by atoms with Gasteiger partial charge in [-0.1, -0.05) is 48.9 Å². The van der Waals surface area contributed by atoms with Crippen molar-refractivity contribution in [3.8, 4) is 17.3 Å². The van der Waals surface area contributed by atoms with E-state index in [1.54, 1.807) is 60.7 Å². The molecule has 2 aliphatic rings. The molecule has 190 valence electrons. The zero-order valence-corrected chi connectivity index (χ0v) is 20.5. The minimum absolute atomic E-state index is 0.233. The number of carbonyl (C=O) groups excluding carboxylic acids is 1. The van der Waals surface area contributed by atoms with Crippen LogP contribution < -0.4 is 16.4 Å². The molecule has 0 N–H and O–H groups in total. The first-order valence-corrected chi connectivity index (χ1v) is 13.3. The molecular weight excluding hydrogens is 496 g/mol. The van der Waals surface area contributed by atoms with Gasteiger partial charge in [0.2, 0.25) is 14.8 Å². The van der Waals surface area contributed by atoms with Crippen LogP contribution in [0.4, 0.5) is 0 Å². The summed E-state index contributed by atoms with van der Waals surface area (Å²) in [5.74, 6) is -1.83. The van der Waals surface area contributed by atoms with Crippen LogP contribution in [0, 0.1) is 0 Å². The second-order valence-corrected chi connectivity index (χ2v) is 11.1. The lowest BCUT2D eigenvalue weighted by Gasteiger charge is -2.29. The predicted molar refractivity (Wildman–Crippen MR) is 135 cm³/mol. The molecule has 0 bridgehead atoms. The molecule has 1 aliphatic heterocycles. The molecule has 2 fully saturated rings. The van der Waals surface area contributed by atoms with Gasteiger partial charge >= 0.3 is 11.7 Å². The summed E-state index contributed by atoms with van der Waals surface area (Å²) in [5.41, 5.74) is -1.57. The number of benzene rings is 2. The van der Waals surface area contributed by atoms with Crippen LogP contribution in [0.2, 0.25) is 0 Å². The van der Waals surface area contributed by atoms with Crippen molar-refractivity contribution in [3.05, 3.63) is 104 Å². The highest BCUT2D eigenvalue weighted by molar-refractivity contribution is 7.97. The normalized spacial score (nSPS) is 19.5. The third kappa shape index (κ3) is 4.03. The van der Waals surface area contributed by atoms with Gasteiger partial charge in [0.05, 0.1) is 5.69 Å². The van der Waals surface area contributed by atoms with Gasteiger partial charge in [0.1, 0.15) is 0 Å². The molecule has 1 saturated heterocycles. The van der Waals surface area contributed by atoms with Crippen LogP contribution in [0.1, 0.15) is 37.7 Å². The summed E-state index contributed by atoms with van der Waals surface area (Å²) in [7, 11) is -4.06. The monoisotopic (exact) mass is 519 g/mol. The number of nitrogens with zero attached hydrogens (tertiary/aromatic N) is 2. The highest BCUT2D eigenvalue weighted by Crippen LogP contribution is 2.45. The number of hydrogen-bond acceptors (Lipinski definition) is 7. The Morgan fingerprint density at radius 1 is 0.838 bits per heavy atom. The van der Waals surface area contributed by atoms with E-state index in [-0.39, 0.29) is 29.8 Å². The molecular formula is C27H23N2O7S-. The number of esters is 1. The summed E-state index contributed by atoms with van der Waals surface area (Å²) in [6.45, 7) is 0. The minimum Gasteiger partial charge on any atom is -0.859 e. The average Bonchev–Trinajstić information content (AvgIpc) is 3.07. The third-order valence-electron chi connectivity index (χ3n) is 6.66. The number of para-hydroxylation sites is 2. The number of hydrogen-bond donors (Lipinski definition) is 0. The molecule has 0 unspecified atom stereocenters. The fraction of sp³-hybridized carbons (Fsp3) is 0.222. The molecule has 1 saturated carbocycles. The van der Waals surface area contributed by atoms with Crippen molar-refractivity contribution in [2.24, 2.45) is 0 Å². The first kappa shape index (κ1) is 24.5. The van der Waals surface area contributed by atoms with Gasteiger partial charge in [-0.15, -0.1) is 0 Å². The van der Waals surface area contributed by atoms with Crippen molar-refractivity contribution in [3.63, 3.8) is 0 Å². The minimum atomic E-state index is -4.06. The highest BCUT2D eigenvalue weighted by atomic mass is 32.2. The molecule has 2 heterocycles. The molecule has 0 amide bonds. The number of ether oxygens (including phenoxy) is 1. The highest BCUT2D eigenvalue weighted by Gasteiger charge is 2.57. The number of allylic oxidation sites excluding steroid dienone is 2. The quantitative estimate of drug-likeness (QED) is 0.383. The average molecular weight is 520 g/mol. The van der Waals surface area contributed by atoms with Gasteiger partial charge in [-0.25, -0.2) is 22.6 Å².